The Morgan fingerprint density at radius 3 is 2.63 bits per heavy atom. The maximum absolute atomic E-state index is 12.6. The van der Waals surface area contributed by atoms with Crippen molar-refractivity contribution in [3.8, 4) is 17.0 Å². The van der Waals surface area contributed by atoms with Gasteiger partial charge in [-0.25, -0.2) is 9.78 Å². The van der Waals surface area contributed by atoms with Crippen molar-refractivity contribution in [1.29, 1.82) is 0 Å². The van der Waals surface area contributed by atoms with Gasteiger partial charge < -0.3 is 20.1 Å². The van der Waals surface area contributed by atoms with E-state index in [9.17, 15) is 4.79 Å². The van der Waals surface area contributed by atoms with Crippen LogP contribution in [0.3, 0.4) is 0 Å². The molecule has 184 valence electrons. The molecule has 2 aromatic heterocycles. The summed E-state index contributed by atoms with van der Waals surface area (Å²) >= 11 is 0. The van der Waals surface area contributed by atoms with Crippen LogP contribution in [0.25, 0.3) is 11.3 Å². The lowest BCUT2D eigenvalue weighted by Crippen LogP contribution is -2.37. The number of pyridine rings is 1. The number of nitrogens with two attached hydrogens (primary N) is 1. The molecule has 1 amide bonds. The Labute approximate surface area is 206 Å². The number of anilines is 1. The first kappa shape index (κ1) is 23.2. The Morgan fingerprint density at radius 2 is 1.89 bits per heavy atom. The molecule has 8 heteroatoms. The number of likely N-dealkylation sites (tertiary alicyclic amines) is 1. The average Bonchev–Trinajstić information content (AvgIpc) is 3.52. The number of benzene rings is 1. The SMILES string of the molecule is C[C@@H](Oc1cc(-c2cc3n(n2)CCC32CCN(C(=O)OC(C)(C)C)C2)cnc1N)c1ccccc1. The summed E-state index contributed by atoms with van der Waals surface area (Å²) in [7, 11) is 0. The minimum Gasteiger partial charge on any atom is -0.482 e. The Hall–Kier alpha value is -3.55. The second-order valence-corrected chi connectivity index (χ2v) is 10.6. The number of ether oxygens (including phenoxy) is 2. The standard InChI is InChI=1S/C27H33N5O3/c1-18(19-8-6-5-7-9-19)34-22-14-20(16-29-24(22)28)21-15-23-27(11-13-32(23)30-21)10-12-31(17-27)25(33)35-26(2,3)4/h5-9,14-16,18H,10-13,17H2,1-4H3,(H2,28,29)/t18-,27?/m1/s1. The van der Waals surface area contributed by atoms with Crippen molar-refractivity contribution in [3.05, 3.63) is 59.9 Å². The van der Waals surface area contributed by atoms with Crippen molar-refractivity contribution in [1.82, 2.24) is 19.7 Å². The summed E-state index contributed by atoms with van der Waals surface area (Å²) in [6.07, 6.45) is 3.20. The minimum absolute atomic E-state index is 0.0927. The molecule has 2 aliphatic heterocycles. The molecule has 2 N–H and O–H groups in total. The summed E-state index contributed by atoms with van der Waals surface area (Å²) in [5, 5.41) is 4.86. The molecule has 1 spiro atoms. The largest absolute Gasteiger partial charge is 0.482 e. The van der Waals surface area contributed by atoms with E-state index in [4.69, 9.17) is 20.3 Å². The van der Waals surface area contributed by atoms with Gasteiger partial charge in [0.2, 0.25) is 0 Å². The van der Waals surface area contributed by atoms with Gasteiger partial charge in [-0.05, 0) is 58.2 Å². The summed E-state index contributed by atoms with van der Waals surface area (Å²) < 4.78 is 13.8. The van der Waals surface area contributed by atoms with Crippen LogP contribution in [0.5, 0.6) is 5.75 Å². The van der Waals surface area contributed by atoms with Crippen LogP contribution in [0.15, 0.2) is 48.7 Å². The number of carbonyl (C=O) groups excluding carboxylic acids is 1. The Morgan fingerprint density at radius 1 is 1.14 bits per heavy atom. The van der Waals surface area contributed by atoms with E-state index in [2.05, 4.69) is 15.7 Å². The molecule has 0 saturated carbocycles. The smallest absolute Gasteiger partial charge is 0.410 e. The molecule has 5 rings (SSSR count). The molecule has 1 saturated heterocycles. The monoisotopic (exact) mass is 475 g/mol. The molecule has 0 aliphatic carbocycles. The lowest BCUT2D eigenvalue weighted by atomic mass is 9.82. The maximum Gasteiger partial charge on any atom is 0.410 e. The van der Waals surface area contributed by atoms with Gasteiger partial charge in [-0.1, -0.05) is 30.3 Å². The van der Waals surface area contributed by atoms with Gasteiger partial charge in [0.1, 0.15) is 11.7 Å². The third-order valence-corrected chi connectivity index (χ3v) is 6.88. The average molecular weight is 476 g/mol. The topological polar surface area (TPSA) is 95.5 Å². The number of aromatic nitrogens is 3. The number of hydrogen-bond acceptors (Lipinski definition) is 6. The van der Waals surface area contributed by atoms with E-state index < -0.39 is 5.60 Å². The van der Waals surface area contributed by atoms with Crippen LogP contribution in [0.4, 0.5) is 10.6 Å². The van der Waals surface area contributed by atoms with Gasteiger partial charge in [0.25, 0.3) is 0 Å². The molecule has 4 heterocycles. The van der Waals surface area contributed by atoms with Crippen LogP contribution in [-0.2, 0) is 16.7 Å². The van der Waals surface area contributed by atoms with Crippen LogP contribution in [0, 0.1) is 0 Å². The summed E-state index contributed by atoms with van der Waals surface area (Å²) in [4.78, 5) is 18.9. The molecule has 0 bridgehead atoms. The second-order valence-electron chi connectivity index (χ2n) is 10.6. The predicted molar refractivity (Wildman–Crippen MR) is 134 cm³/mol. The zero-order chi connectivity index (χ0) is 24.8. The number of aryl methyl sites for hydroxylation is 1. The van der Waals surface area contributed by atoms with E-state index in [1.807, 2.05) is 69.0 Å². The van der Waals surface area contributed by atoms with E-state index in [0.29, 0.717) is 24.7 Å². The van der Waals surface area contributed by atoms with E-state index in [1.165, 1.54) is 0 Å². The van der Waals surface area contributed by atoms with Gasteiger partial charge in [-0.15, -0.1) is 0 Å². The number of hydrogen-bond donors (Lipinski definition) is 1. The first-order valence-electron chi connectivity index (χ1n) is 12.2. The predicted octanol–water partition coefficient (Wildman–Crippen LogP) is 4.95. The van der Waals surface area contributed by atoms with E-state index in [0.717, 1.165) is 41.9 Å². The number of fused-ring (bicyclic) bond motifs is 2. The molecule has 8 nitrogen and oxygen atoms in total. The molecule has 2 atom stereocenters. The van der Waals surface area contributed by atoms with Gasteiger partial charge in [0, 0.05) is 42.5 Å². The fraction of sp³-hybridized carbons (Fsp3) is 0.444. The third-order valence-electron chi connectivity index (χ3n) is 6.88. The molecule has 1 unspecified atom stereocenters. The number of nitrogen functional groups attached to an aromatic ring is 1. The van der Waals surface area contributed by atoms with Crippen molar-refractivity contribution in [3.63, 3.8) is 0 Å². The molecular formula is C27H33N5O3. The maximum atomic E-state index is 12.6. The van der Waals surface area contributed by atoms with Crippen LogP contribution in [-0.4, -0.2) is 44.4 Å². The lowest BCUT2D eigenvalue weighted by molar-refractivity contribution is 0.0284. The Kier molecular flexibility index (Phi) is 5.69. The van der Waals surface area contributed by atoms with Crippen LogP contribution >= 0.6 is 0 Å². The number of amides is 1. The highest BCUT2D eigenvalue weighted by atomic mass is 16.6. The fourth-order valence-corrected chi connectivity index (χ4v) is 5.04. The van der Waals surface area contributed by atoms with Gasteiger partial charge in [-0.2, -0.15) is 5.10 Å². The molecule has 1 fully saturated rings. The highest BCUT2D eigenvalue weighted by Crippen LogP contribution is 2.44. The van der Waals surface area contributed by atoms with E-state index >= 15 is 0 Å². The normalized spacial score (nSPS) is 20.2. The molecular weight excluding hydrogens is 442 g/mol. The van der Waals surface area contributed by atoms with Crippen molar-refractivity contribution < 1.29 is 14.3 Å². The zero-order valence-corrected chi connectivity index (χ0v) is 20.8. The van der Waals surface area contributed by atoms with E-state index in [1.54, 1.807) is 6.20 Å². The summed E-state index contributed by atoms with van der Waals surface area (Å²) in [5.74, 6) is 0.891. The van der Waals surface area contributed by atoms with Gasteiger partial charge in [-0.3, -0.25) is 4.68 Å². The first-order chi connectivity index (χ1) is 16.6. The number of nitrogens with zero attached hydrogens (tertiary/aromatic N) is 4. The van der Waals surface area contributed by atoms with Gasteiger partial charge in [0.15, 0.2) is 11.6 Å². The van der Waals surface area contributed by atoms with Crippen LogP contribution in [0.2, 0.25) is 0 Å². The quantitative estimate of drug-likeness (QED) is 0.574. The highest BCUT2D eigenvalue weighted by molar-refractivity contribution is 5.69. The van der Waals surface area contributed by atoms with Crippen molar-refractivity contribution in [2.45, 2.75) is 64.2 Å². The Balaban J connectivity index is 1.36. The van der Waals surface area contributed by atoms with Crippen LogP contribution < -0.4 is 10.5 Å². The summed E-state index contributed by atoms with van der Waals surface area (Å²) in [6, 6.07) is 14.1. The van der Waals surface area contributed by atoms with Gasteiger partial charge in [0.05, 0.1) is 5.69 Å². The molecule has 0 radical (unpaired) electrons. The number of rotatable bonds is 4. The van der Waals surface area contributed by atoms with Gasteiger partial charge >= 0.3 is 6.09 Å². The first-order valence-corrected chi connectivity index (χ1v) is 12.2. The fourth-order valence-electron chi connectivity index (χ4n) is 5.04. The van der Waals surface area contributed by atoms with E-state index in [-0.39, 0.29) is 17.6 Å². The molecule has 3 aromatic rings. The molecule has 1 aromatic carbocycles. The summed E-state index contributed by atoms with van der Waals surface area (Å²) in [5.41, 5.74) is 9.46. The van der Waals surface area contributed by atoms with Crippen LogP contribution in [0.1, 0.15) is 57.9 Å². The highest BCUT2D eigenvalue weighted by Gasteiger charge is 2.47. The lowest BCUT2D eigenvalue weighted by Gasteiger charge is -2.26. The minimum atomic E-state index is -0.503. The third kappa shape index (κ3) is 4.57. The molecule has 2 aliphatic rings. The second kappa shape index (κ2) is 8.59. The summed E-state index contributed by atoms with van der Waals surface area (Å²) in [6.45, 7) is 9.85. The Bertz CT molecular complexity index is 1230. The molecule has 35 heavy (non-hydrogen) atoms. The van der Waals surface area contributed by atoms with Crippen molar-refractivity contribution >= 4 is 11.9 Å². The van der Waals surface area contributed by atoms with Crippen molar-refractivity contribution in [2.75, 3.05) is 18.8 Å². The van der Waals surface area contributed by atoms with Crippen molar-refractivity contribution in [2.24, 2.45) is 0 Å². The number of carbonyl (C=O) groups is 1. The zero-order valence-electron chi connectivity index (χ0n) is 20.8.